The number of rotatable bonds is 2. The van der Waals surface area contributed by atoms with Gasteiger partial charge in [-0.05, 0) is 68.2 Å². The SMILES string of the molecule is O=S(=O)(c1ccc2c(c1)CCCC2)N1CCC2CCC(C1)N2. The molecular weight excluding hydrogens is 296 g/mol. The Kier molecular flexibility index (Phi) is 3.75. The van der Waals surface area contributed by atoms with Crippen LogP contribution in [0.4, 0.5) is 0 Å². The molecule has 2 fully saturated rings. The number of aryl methyl sites for hydroxylation is 2. The Bertz CT molecular complexity index is 671. The van der Waals surface area contributed by atoms with Crippen molar-refractivity contribution in [2.75, 3.05) is 13.1 Å². The van der Waals surface area contributed by atoms with Gasteiger partial charge in [0.1, 0.15) is 0 Å². The van der Waals surface area contributed by atoms with Crippen molar-refractivity contribution in [1.82, 2.24) is 9.62 Å². The summed E-state index contributed by atoms with van der Waals surface area (Å²) in [6.45, 7) is 1.27. The second-order valence-electron chi connectivity index (χ2n) is 6.93. The van der Waals surface area contributed by atoms with Gasteiger partial charge in [0, 0.05) is 25.2 Å². The minimum atomic E-state index is -3.35. The number of nitrogens with zero attached hydrogens (tertiary/aromatic N) is 1. The smallest absolute Gasteiger partial charge is 0.243 e. The van der Waals surface area contributed by atoms with E-state index in [-0.39, 0.29) is 0 Å². The number of fused-ring (bicyclic) bond motifs is 3. The summed E-state index contributed by atoms with van der Waals surface area (Å²) in [7, 11) is -3.35. The minimum Gasteiger partial charge on any atom is -0.310 e. The Morgan fingerprint density at radius 1 is 1.00 bits per heavy atom. The molecule has 2 unspecified atom stereocenters. The molecule has 4 rings (SSSR count). The van der Waals surface area contributed by atoms with Crippen molar-refractivity contribution in [3.8, 4) is 0 Å². The Labute approximate surface area is 132 Å². The van der Waals surface area contributed by atoms with Gasteiger partial charge in [-0.15, -0.1) is 0 Å². The summed E-state index contributed by atoms with van der Waals surface area (Å²) in [6.07, 6.45) is 7.73. The fraction of sp³-hybridized carbons (Fsp3) is 0.647. The van der Waals surface area contributed by atoms with Crippen molar-refractivity contribution in [2.45, 2.75) is 61.9 Å². The highest BCUT2D eigenvalue weighted by Gasteiger charge is 2.35. The molecule has 2 bridgehead atoms. The predicted molar refractivity (Wildman–Crippen MR) is 86.4 cm³/mol. The summed E-state index contributed by atoms with van der Waals surface area (Å²) in [5.74, 6) is 0. The van der Waals surface area contributed by atoms with Crippen molar-refractivity contribution in [2.24, 2.45) is 0 Å². The van der Waals surface area contributed by atoms with Crippen molar-refractivity contribution < 1.29 is 8.42 Å². The molecular formula is C17H24N2O2S. The van der Waals surface area contributed by atoms with Gasteiger partial charge in [-0.2, -0.15) is 4.31 Å². The predicted octanol–water partition coefficient (Wildman–Crippen LogP) is 2.08. The van der Waals surface area contributed by atoms with E-state index in [1.807, 2.05) is 18.2 Å². The highest BCUT2D eigenvalue weighted by atomic mass is 32.2. The lowest BCUT2D eigenvalue weighted by Gasteiger charge is -2.24. The van der Waals surface area contributed by atoms with Gasteiger partial charge in [-0.3, -0.25) is 0 Å². The lowest BCUT2D eigenvalue weighted by Crippen LogP contribution is -2.39. The number of sulfonamides is 1. The zero-order valence-electron chi connectivity index (χ0n) is 12.9. The van der Waals surface area contributed by atoms with Gasteiger partial charge >= 0.3 is 0 Å². The molecule has 0 spiro atoms. The third-order valence-corrected chi connectivity index (χ3v) is 7.30. The Hall–Kier alpha value is -0.910. The summed E-state index contributed by atoms with van der Waals surface area (Å²) in [6, 6.07) is 6.62. The summed E-state index contributed by atoms with van der Waals surface area (Å²) < 4.78 is 27.7. The van der Waals surface area contributed by atoms with Crippen LogP contribution < -0.4 is 5.32 Å². The molecule has 2 heterocycles. The maximum atomic E-state index is 13.0. The van der Waals surface area contributed by atoms with Gasteiger partial charge in [0.2, 0.25) is 10.0 Å². The Morgan fingerprint density at radius 3 is 2.64 bits per heavy atom. The molecule has 2 saturated heterocycles. The van der Waals surface area contributed by atoms with E-state index in [2.05, 4.69) is 5.32 Å². The third kappa shape index (κ3) is 2.59. The van der Waals surface area contributed by atoms with E-state index in [9.17, 15) is 8.42 Å². The van der Waals surface area contributed by atoms with Gasteiger partial charge < -0.3 is 5.32 Å². The lowest BCUT2D eigenvalue weighted by atomic mass is 9.92. The average Bonchev–Trinajstić information content (AvgIpc) is 2.85. The topological polar surface area (TPSA) is 49.4 Å². The van der Waals surface area contributed by atoms with Gasteiger partial charge in [0.05, 0.1) is 4.90 Å². The molecule has 5 heteroatoms. The summed E-state index contributed by atoms with van der Waals surface area (Å²) >= 11 is 0. The minimum absolute atomic E-state index is 0.333. The van der Waals surface area contributed by atoms with Crippen LogP contribution >= 0.6 is 0 Å². The van der Waals surface area contributed by atoms with Crippen molar-refractivity contribution >= 4 is 10.0 Å². The van der Waals surface area contributed by atoms with E-state index in [0.29, 0.717) is 30.1 Å². The Balaban J connectivity index is 1.62. The van der Waals surface area contributed by atoms with E-state index in [1.54, 1.807) is 4.31 Å². The number of hydrogen-bond acceptors (Lipinski definition) is 3. The molecule has 2 aliphatic heterocycles. The van der Waals surface area contributed by atoms with E-state index in [4.69, 9.17) is 0 Å². The molecule has 22 heavy (non-hydrogen) atoms. The van der Waals surface area contributed by atoms with Gasteiger partial charge in [-0.25, -0.2) is 8.42 Å². The van der Waals surface area contributed by atoms with Crippen LogP contribution in [0.15, 0.2) is 23.1 Å². The van der Waals surface area contributed by atoms with E-state index in [1.165, 1.54) is 30.4 Å². The van der Waals surface area contributed by atoms with Crippen LogP contribution in [0.5, 0.6) is 0 Å². The number of benzene rings is 1. The first-order valence-electron chi connectivity index (χ1n) is 8.51. The normalized spacial score (nSPS) is 29.1. The van der Waals surface area contributed by atoms with Crippen LogP contribution in [-0.4, -0.2) is 37.9 Å². The van der Waals surface area contributed by atoms with Crippen LogP contribution in [-0.2, 0) is 22.9 Å². The monoisotopic (exact) mass is 320 g/mol. The quantitative estimate of drug-likeness (QED) is 0.908. The highest BCUT2D eigenvalue weighted by Crippen LogP contribution is 2.28. The molecule has 1 N–H and O–H groups in total. The van der Waals surface area contributed by atoms with Crippen molar-refractivity contribution in [3.05, 3.63) is 29.3 Å². The second-order valence-corrected chi connectivity index (χ2v) is 8.87. The largest absolute Gasteiger partial charge is 0.310 e. The molecule has 3 aliphatic rings. The van der Waals surface area contributed by atoms with Crippen LogP contribution in [0, 0.1) is 0 Å². The molecule has 0 amide bonds. The zero-order chi connectivity index (χ0) is 15.2. The Morgan fingerprint density at radius 2 is 1.77 bits per heavy atom. The number of hydrogen-bond donors (Lipinski definition) is 1. The molecule has 4 nitrogen and oxygen atoms in total. The van der Waals surface area contributed by atoms with Crippen LogP contribution in [0.2, 0.25) is 0 Å². The van der Waals surface area contributed by atoms with Crippen molar-refractivity contribution in [3.63, 3.8) is 0 Å². The first-order valence-corrected chi connectivity index (χ1v) is 9.95. The average molecular weight is 320 g/mol. The molecule has 2 atom stereocenters. The van der Waals surface area contributed by atoms with E-state index < -0.39 is 10.0 Å². The second kappa shape index (κ2) is 5.62. The lowest BCUT2D eigenvalue weighted by molar-refractivity contribution is 0.383. The third-order valence-electron chi connectivity index (χ3n) is 5.44. The maximum Gasteiger partial charge on any atom is 0.243 e. The molecule has 0 aromatic heterocycles. The zero-order valence-corrected chi connectivity index (χ0v) is 13.7. The van der Waals surface area contributed by atoms with E-state index in [0.717, 1.165) is 25.7 Å². The molecule has 1 aliphatic carbocycles. The highest BCUT2D eigenvalue weighted by molar-refractivity contribution is 7.89. The molecule has 120 valence electrons. The van der Waals surface area contributed by atoms with Gasteiger partial charge in [0.15, 0.2) is 0 Å². The number of nitrogens with one attached hydrogen (secondary N) is 1. The van der Waals surface area contributed by atoms with Crippen LogP contribution in [0.3, 0.4) is 0 Å². The van der Waals surface area contributed by atoms with Crippen LogP contribution in [0.25, 0.3) is 0 Å². The van der Waals surface area contributed by atoms with E-state index >= 15 is 0 Å². The first-order chi connectivity index (χ1) is 10.6. The molecule has 1 aromatic rings. The maximum absolute atomic E-state index is 13.0. The van der Waals surface area contributed by atoms with Crippen LogP contribution in [0.1, 0.15) is 43.2 Å². The molecule has 0 saturated carbocycles. The summed E-state index contributed by atoms with van der Waals surface area (Å²) in [4.78, 5) is 0.492. The summed E-state index contributed by atoms with van der Waals surface area (Å²) in [5, 5.41) is 3.55. The van der Waals surface area contributed by atoms with Crippen molar-refractivity contribution in [1.29, 1.82) is 0 Å². The van der Waals surface area contributed by atoms with Gasteiger partial charge in [0.25, 0.3) is 0 Å². The standard InChI is InChI=1S/C17H24N2O2S/c20-22(21,19-10-9-15-6-7-16(12-19)18-15)17-8-5-13-3-1-2-4-14(13)11-17/h5,8,11,15-16,18H,1-4,6-7,9-10,12H2. The summed E-state index contributed by atoms with van der Waals surface area (Å²) in [5.41, 5.74) is 2.57. The first kappa shape index (κ1) is 14.7. The fourth-order valence-electron chi connectivity index (χ4n) is 4.15. The van der Waals surface area contributed by atoms with Gasteiger partial charge in [-0.1, -0.05) is 6.07 Å². The molecule has 1 aromatic carbocycles. The fourth-order valence-corrected chi connectivity index (χ4v) is 5.70. The molecule has 0 radical (unpaired) electrons.